The van der Waals surface area contributed by atoms with E-state index in [1.165, 1.54) is 0 Å². The molecule has 3 nitrogen and oxygen atoms in total. The number of aliphatic hydroxyl groups excluding tert-OH is 2. The first-order valence-corrected chi connectivity index (χ1v) is 4.21. The van der Waals surface area contributed by atoms with E-state index in [-0.39, 0.29) is 13.2 Å². The van der Waals surface area contributed by atoms with Crippen molar-refractivity contribution in [3.8, 4) is 0 Å². The number of pyridine rings is 1. The molecule has 2 N–H and O–H groups in total. The smallest absolute Gasteiger partial charge is 0.0853 e. The summed E-state index contributed by atoms with van der Waals surface area (Å²) in [7, 11) is 0. The highest BCUT2D eigenvalue weighted by Gasteiger charge is 1.98. The van der Waals surface area contributed by atoms with Gasteiger partial charge in [-0.3, -0.25) is 4.98 Å². The van der Waals surface area contributed by atoms with Gasteiger partial charge in [0.1, 0.15) is 0 Å². The fourth-order valence-corrected chi connectivity index (χ4v) is 1.49. The number of hydrogen-bond acceptors (Lipinski definition) is 3. The average Bonchev–Trinajstić information content (AvgIpc) is 2.03. The Kier molecular flexibility index (Phi) is 3.22. The van der Waals surface area contributed by atoms with Gasteiger partial charge in [0.15, 0.2) is 0 Å². The minimum atomic E-state index is -0.0795. The van der Waals surface area contributed by atoms with Crippen LogP contribution < -0.4 is 0 Å². The van der Waals surface area contributed by atoms with Crippen LogP contribution in [0.4, 0.5) is 0 Å². The third kappa shape index (κ3) is 2.39. The van der Waals surface area contributed by atoms with Crippen molar-refractivity contribution in [2.75, 3.05) is 0 Å². The first-order chi connectivity index (χ1) is 5.26. The Hall–Kier alpha value is -0.200. The first-order valence-electron chi connectivity index (χ1n) is 3.13. The number of nitrogens with zero attached hydrogens (tertiary/aromatic N) is 1. The summed E-state index contributed by atoms with van der Waals surface area (Å²) >= 11 is 2.12. The predicted octanol–water partition coefficient (Wildman–Crippen LogP) is 0.671. The van der Waals surface area contributed by atoms with Gasteiger partial charge < -0.3 is 10.2 Å². The van der Waals surface area contributed by atoms with Crippen LogP contribution in [0.3, 0.4) is 0 Å². The second kappa shape index (κ2) is 3.99. The van der Waals surface area contributed by atoms with Crippen molar-refractivity contribution in [1.82, 2.24) is 4.98 Å². The maximum atomic E-state index is 8.73. The van der Waals surface area contributed by atoms with Gasteiger partial charge in [0.05, 0.1) is 24.6 Å². The van der Waals surface area contributed by atoms with Crippen molar-refractivity contribution in [3.63, 3.8) is 0 Å². The Bertz CT molecular complexity index is 230. The SMILES string of the molecule is OCc1cc(I)cc(CO)n1. The van der Waals surface area contributed by atoms with E-state index in [9.17, 15) is 0 Å². The lowest BCUT2D eigenvalue weighted by Crippen LogP contribution is -1.96. The molecule has 0 saturated heterocycles. The summed E-state index contributed by atoms with van der Waals surface area (Å²) < 4.78 is 0.978. The van der Waals surface area contributed by atoms with Crippen LogP contribution in [0.25, 0.3) is 0 Å². The molecule has 1 rings (SSSR count). The molecule has 4 heteroatoms. The predicted molar refractivity (Wildman–Crippen MR) is 48.8 cm³/mol. The van der Waals surface area contributed by atoms with Gasteiger partial charge in [-0.2, -0.15) is 0 Å². The molecule has 0 amide bonds. The summed E-state index contributed by atoms with van der Waals surface area (Å²) in [6.07, 6.45) is 0. The molecule has 0 atom stereocenters. The molecule has 0 radical (unpaired) electrons. The molecular weight excluding hydrogens is 257 g/mol. The third-order valence-electron chi connectivity index (χ3n) is 1.22. The van der Waals surface area contributed by atoms with E-state index in [0.29, 0.717) is 11.4 Å². The van der Waals surface area contributed by atoms with E-state index in [0.717, 1.165) is 3.57 Å². The maximum Gasteiger partial charge on any atom is 0.0853 e. The molecule has 0 saturated carbocycles. The van der Waals surface area contributed by atoms with Gasteiger partial charge in [0.25, 0.3) is 0 Å². The molecule has 0 fully saturated rings. The molecule has 1 aromatic rings. The quantitative estimate of drug-likeness (QED) is 0.773. The van der Waals surface area contributed by atoms with Gasteiger partial charge in [0, 0.05) is 3.57 Å². The van der Waals surface area contributed by atoms with Crippen LogP contribution >= 0.6 is 22.6 Å². The second-order valence-electron chi connectivity index (χ2n) is 2.08. The van der Waals surface area contributed by atoms with Crippen LogP contribution in [0.5, 0.6) is 0 Å². The zero-order valence-electron chi connectivity index (χ0n) is 5.79. The molecular formula is C7H8INO2. The molecule has 0 aromatic carbocycles. The monoisotopic (exact) mass is 265 g/mol. The minimum Gasteiger partial charge on any atom is -0.390 e. The lowest BCUT2D eigenvalue weighted by molar-refractivity contribution is 0.265. The highest BCUT2D eigenvalue weighted by atomic mass is 127. The summed E-state index contributed by atoms with van der Waals surface area (Å²) in [6, 6.07) is 3.56. The van der Waals surface area contributed by atoms with Gasteiger partial charge in [-0.25, -0.2) is 0 Å². The van der Waals surface area contributed by atoms with E-state index in [4.69, 9.17) is 10.2 Å². The number of halogens is 1. The van der Waals surface area contributed by atoms with Crippen LogP contribution in [-0.4, -0.2) is 15.2 Å². The van der Waals surface area contributed by atoms with Gasteiger partial charge in [-0.05, 0) is 34.7 Å². The second-order valence-corrected chi connectivity index (χ2v) is 3.33. The van der Waals surface area contributed by atoms with Crippen molar-refractivity contribution in [2.24, 2.45) is 0 Å². The molecule has 0 bridgehead atoms. The molecule has 0 unspecified atom stereocenters. The lowest BCUT2D eigenvalue weighted by Gasteiger charge is -2.00. The van der Waals surface area contributed by atoms with Crippen molar-refractivity contribution in [3.05, 3.63) is 27.1 Å². The van der Waals surface area contributed by atoms with Crippen LogP contribution in [0.15, 0.2) is 12.1 Å². The van der Waals surface area contributed by atoms with Gasteiger partial charge >= 0.3 is 0 Å². The summed E-state index contributed by atoms with van der Waals surface area (Å²) in [5, 5.41) is 17.5. The Morgan fingerprint density at radius 1 is 1.18 bits per heavy atom. The van der Waals surface area contributed by atoms with Gasteiger partial charge in [-0.1, -0.05) is 0 Å². The molecule has 0 aliphatic rings. The van der Waals surface area contributed by atoms with Crippen LogP contribution in [0.2, 0.25) is 0 Å². The van der Waals surface area contributed by atoms with E-state index < -0.39 is 0 Å². The molecule has 0 spiro atoms. The molecule has 60 valence electrons. The summed E-state index contributed by atoms with van der Waals surface area (Å²) in [5.41, 5.74) is 1.20. The fourth-order valence-electron chi connectivity index (χ4n) is 0.771. The molecule has 0 aliphatic carbocycles. The minimum absolute atomic E-state index is 0.0795. The number of hydrogen-bond donors (Lipinski definition) is 2. The Labute approximate surface area is 78.2 Å². The van der Waals surface area contributed by atoms with Crippen LogP contribution in [-0.2, 0) is 13.2 Å². The molecule has 1 heterocycles. The average molecular weight is 265 g/mol. The van der Waals surface area contributed by atoms with E-state index >= 15 is 0 Å². The number of rotatable bonds is 2. The van der Waals surface area contributed by atoms with Crippen molar-refractivity contribution in [1.29, 1.82) is 0 Å². The lowest BCUT2D eigenvalue weighted by atomic mass is 10.3. The van der Waals surface area contributed by atoms with Crippen LogP contribution in [0, 0.1) is 3.57 Å². The normalized spacial score (nSPS) is 10.1. The summed E-state index contributed by atoms with van der Waals surface area (Å²) in [5.74, 6) is 0. The summed E-state index contributed by atoms with van der Waals surface area (Å²) in [6.45, 7) is -0.159. The Balaban J connectivity index is 3.02. The maximum absolute atomic E-state index is 8.73. The standard InChI is InChI=1S/C7H8INO2/c8-5-1-6(3-10)9-7(2-5)4-11/h1-2,10-11H,3-4H2. The van der Waals surface area contributed by atoms with Gasteiger partial charge in [0.2, 0.25) is 0 Å². The summed E-state index contributed by atoms with van der Waals surface area (Å²) in [4.78, 5) is 3.97. The third-order valence-corrected chi connectivity index (χ3v) is 1.84. The van der Waals surface area contributed by atoms with Crippen molar-refractivity contribution < 1.29 is 10.2 Å². The largest absolute Gasteiger partial charge is 0.390 e. The molecule has 1 aromatic heterocycles. The Morgan fingerprint density at radius 3 is 2.00 bits per heavy atom. The first kappa shape index (κ1) is 8.89. The topological polar surface area (TPSA) is 53.4 Å². The fraction of sp³-hybridized carbons (Fsp3) is 0.286. The molecule has 11 heavy (non-hydrogen) atoms. The van der Waals surface area contributed by atoms with Crippen molar-refractivity contribution in [2.45, 2.75) is 13.2 Å². The zero-order chi connectivity index (χ0) is 8.27. The number of aliphatic hydroxyl groups is 2. The highest BCUT2D eigenvalue weighted by Crippen LogP contribution is 2.08. The van der Waals surface area contributed by atoms with Gasteiger partial charge in [-0.15, -0.1) is 0 Å². The zero-order valence-corrected chi connectivity index (χ0v) is 7.95. The van der Waals surface area contributed by atoms with Crippen LogP contribution in [0.1, 0.15) is 11.4 Å². The number of aromatic nitrogens is 1. The van der Waals surface area contributed by atoms with E-state index in [1.807, 2.05) is 0 Å². The Morgan fingerprint density at radius 2 is 1.64 bits per heavy atom. The van der Waals surface area contributed by atoms with E-state index in [2.05, 4.69) is 27.6 Å². The highest BCUT2D eigenvalue weighted by molar-refractivity contribution is 14.1. The van der Waals surface area contributed by atoms with Crippen molar-refractivity contribution >= 4 is 22.6 Å². The van der Waals surface area contributed by atoms with E-state index in [1.54, 1.807) is 12.1 Å². The molecule has 0 aliphatic heterocycles.